The number of aromatic nitrogens is 3. The summed E-state index contributed by atoms with van der Waals surface area (Å²) in [4.78, 5) is 8.74. The molecule has 0 saturated heterocycles. The van der Waals surface area contributed by atoms with E-state index in [9.17, 15) is 0 Å². The van der Waals surface area contributed by atoms with Gasteiger partial charge in [-0.05, 0) is 25.3 Å². The number of hydrogen-bond donors (Lipinski definition) is 1. The largest absolute Gasteiger partial charge is 0.369 e. The van der Waals surface area contributed by atoms with Crippen molar-refractivity contribution in [3.63, 3.8) is 0 Å². The first-order valence-electron chi connectivity index (χ1n) is 4.80. The zero-order valence-corrected chi connectivity index (χ0v) is 9.71. The summed E-state index contributed by atoms with van der Waals surface area (Å²) in [7, 11) is 0. The molecule has 2 rings (SSSR count). The Balaban J connectivity index is 2.50. The van der Waals surface area contributed by atoms with Gasteiger partial charge in [0.05, 0.1) is 0 Å². The predicted molar refractivity (Wildman–Crippen MR) is 65.1 cm³/mol. The molecule has 2 aromatic heterocycles. The number of rotatable bonds is 3. The van der Waals surface area contributed by atoms with Crippen LogP contribution < -0.4 is 5.73 Å². The number of nitrogen functional groups attached to an aromatic ring is 1. The topological polar surface area (TPSA) is 56.7 Å². The normalized spacial score (nSPS) is 11.1. The quantitative estimate of drug-likeness (QED) is 0.858. The molecule has 80 valence electrons. The summed E-state index contributed by atoms with van der Waals surface area (Å²) in [5.41, 5.74) is 8.60. The molecular weight excluding hydrogens is 208 g/mol. The monoisotopic (exact) mass is 222 g/mol. The molecule has 0 spiro atoms. The molecule has 2 heterocycles. The van der Waals surface area contributed by atoms with Crippen molar-refractivity contribution in [2.75, 3.05) is 17.7 Å². The molecule has 2 aromatic rings. The van der Waals surface area contributed by atoms with Crippen LogP contribution in [0.5, 0.6) is 0 Å². The third-order valence-electron chi connectivity index (χ3n) is 2.28. The van der Waals surface area contributed by atoms with Crippen molar-refractivity contribution in [1.82, 2.24) is 14.5 Å². The van der Waals surface area contributed by atoms with Gasteiger partial charge in [-0.1, -0.05) is 0 Å². The molecule has 0 atom stereocenters. The zero-order valence-electron chi connectivity index (χ0n) is 8.90. The number of imidazole rings is 1. The molecule has 0 aliphatic carbocycles. The Morgan fingerprint density at radius 1 is 1.40 bits per heavy atom. The van der Waals surface area contributed by atoms with Gasteiger partial charge in [0.25, 0.3) is 0 Å². The number of pyridine rings is 1. The standard InChI is InChI=1S/C10H14N4S/c1-7-3-4-8-9(12-7)14(5-6-15-2)10(11)13-8/h3-4H,5-6H2,1-2H3,(H2,11,13). The minimum atomic E-state index is 0.553. The molecule has 4 nitrogen and oxygen atoms in total. The second-order valence-electron chi connectivity index (χ2n) is 3.41. The molecule has 0 aliphatic heterocycles. The lowest BCUT2D eigenvalue weighted by Gasteiger charge is -2.03. The van der Waals surface area contributed by atoms with E-state index in [0.717, 1.165) is 29.2 Å². The lowest BCUT2D eigenvalue weighted by atomic mass is 10.3. The Morgan fingerprint density at radius 2 is 2.20 bits per heavy atom. The maximum atomic E-state index is 5.85. The number of thioether (sulfide) groups is 1. The maximum Gasteiger partial charge on any atom is 0.202 e. The van der Waals surface area contributed by atoms with Crippen molar-refractivity contribution in [3.8, 4) is 0 Å². The minimum Gasteiger partial charge on any atom is -0.369 e. The smallest absolute Gasteiger partial charge is 0.202 e. The first-order chi connectivity index (χ1) is 7.22. The Labute approximate surface area is 92.9 Å². The van der Waals surface area contributed by atoms with Gasteiger partial charge in [-0.25, -0.2) is 9.97 Å². The van der Waals surface area contributed by atoms with E-state index in [1.807, 2.05) is 23.6 Å². The van der Waals surface area contributed by atoms with E-state index >= 15 is 0 Å². The number of nitrogens with zero attached hydrogens (tertiary/aromatic N) is 3. The van der Waals surface area contributed by atoms with Crippen molar-refractivity contribution in [2.45, 2.75) is 13.5 Å². The van der Waals surface area contributed by atoms with Crippen molar-refractivity contribution >= 4 is 28.9 Å². The van der Waals surface area contributed by atoms with Crippen LogP contribution in [0.4, 0.5) is 5.95 Å². The fraction of sp³-hybridized carbons (Fsp3) is 0.400. The third kappa shape index (κ3) is 1.92. The molecule has 0 bridgehead atoms. The van der Waals surface area contributed by atoms with E-state index in [4.69, 9.17) is 5.73 Å². The summed E-state index contributed by atoms with van der Waals surface area (Å²) in [6, 6.07) is 3.91. The van der Waals surface area contributed by atoms with Crippen LogP contribution in [0.1, 0.15) is 5.69 Å². The lowest BCUT2D eigenvalue weighted by Crippen LogP contribution is -2.05. The first-order valence-corrected chi connectivity index (χ1v) is 6.20. The molecule has 0 radical (unpaired) electrons. The first kappa shape index (κ1) is 10.3. The Bertz CT molecular complexity index is 477. The van der Waals surface area contributed by atoms with Gasteiger partial charge < -0.3 is 5.73 Å². The highest BCUT2D eigenvalue weighted by Gasteiger charge is 2.08. The predicted octanol–water partition coefficient (Wildman–Crippen LogP) is 1.68. The van der Waals surface area contributed by atoms with Gasteiger partial charge in [0, 0.05) is 18.0 Å². The summed E-state index contributed by atoms with van der Waals surface area (Å²) in [5.74, 6) is 1.57. The molecule has 0 amide bonds. The van der Waals surface area contributed by atoms with Gasteiger partial charge in [-0.2, -0.15) is 11.8 Å². The Morgan fingerprint density at radius 3 is 2.93 bits per heavy atom. The lowest BCUT2D eigenvalue weighted by molar-refractivity contribution is 0.799. The van der Waals surface area contributed by atoms with E-state index in [2.05, 4.69) is 16.2 Å². The summed E-state index contributed by atoms with van der Waals surface area (Å²) in [6.45, 7) is 2.83. The average molecular weight is 222 g/mol. The van der Waals surface area contributed by atoms with Gasteiger partial charge in [0.15, 0.2) is 5.65 Å². The van der Waals surface area contributed by atoms with E-state index in [1.165, 1.54) is 0 Å². The van der Waals surface area contributed by atoms with Crippen LogP contribution in [-0.4, -0.2) is 26.5 Å². The summed E-state index contributed by atoms with van der Waals surface area (Å²) < 4.78 is 1.97. The van der Waals surface area contributed by atoms with Gasteiger partial charge >= 0.3 is 0 Å². The van der Waals surface area contributed by atoms with Crippen molar-refractivity contribution in [1.29, 1.82) is 0 Å². The van der Waals surface area contributed by atoms with Gasteiger partial charge in [-0.3, -0.25) is 4.57 Å². The van der Waals surface area contributed by atoms with Crippen LogP contribution in [0, 0.1) is 6.92 Å². The number of nitrogens with two attached hydrogens (primary N) is 1. The summed E-state index contributed by atoms with van der Waals surface area (Å²) in [5, 5.41) is 0. The van der Waals surface area contributed by atoms with E-state index < -0.39 is 0 Å². The van der Waals surface area contributed by atoms with E-state index in [-0.39, 0.29) is 0 Å². The van der Waals surface area contributed by atoms with Crippen LogP contribution in [0.2, 0.25) is 0 Å². The minimum absolute atomic E-state index is 0.553. The molecule has 2 N–H and O–H groups in total. The van der Waals surface area contributed by atoms with E-state index in [0.29, 0.717) is 5.95 Å². The fourth-order valence-corrected chi connectivity index (χ4v) is 1.88. The second-order valence-corrected chi connectivity index (χ2v) is 4.40. The number of aryl methyl sites for hydroxylation is 2. The van der Waals surface area contributed by atoms with Crippen LogP contribution in [0.25, 0.3) is 11.2 Å². The molecule has 0 aliphatic rings. The molecular formula is C10H14N4S. The van der Waals surface area contributed by atoms with Crippen LogP contribution in [0.15, 0.2) is 12.1 Å². The molecule has 0 aromatic carbocycles. The highest BCUT2D eigenvalue weighted by molar-refractivity contribution is 7.98. The number of hydrogen-bond acceptors (Lipinski definition) is 4. The van der Waals surface area contributed by atoms with Crippen molar-refractivity contribution in [2.24, 2.45) is 0 Å². The Hall–Kier alpha value is -1.23. The molecule has 0 unspecified atom stereocenters. The molecule has 0 fully saturated rings. The SMILES string of the molecule is CSCCn1c(N)nc2ccc(C)nc21. The number of fused-ring (bicyclic) bond motifs is 1. The third-order valence-corrected chi connectivity index (χ3v) is 2.87. The second kappa shape index (κ2) is 4.10. The zero-order chi connectivity index (χ0) is 10.8. The van der Waals surface area contributed by atoms with Gasteiger partial charge in [0.1, 0.15) is 5.52 Å². The highest BCUT2D eigenvalue weighted by Crippen LogP contribution is 2.16. The van der Waals surface area contributed by atoms with Crippen LogP contribution in [-0.2, 0) is 6.54 Å². The van der Waals surface area contributed by atoms with Crippen molar-refractivity contribution in [3.05, 3.63) is 17.8 Å². The molecule has 5 heteroatoms. The number of anilines is 1. The van der Waals surface area contributed by atoms with Gasteiger partial charge in [0.2, 0.25) is 5.95 Å². The summed E-state index contributed by atoms with van der Waals surface area (Å²) in [6.07, 6.45) is 2.08. The van der Waals surface area contributed by atoms with E-state index in [1.54, 1.807) is 11.8 Å². The summed E-state index contributed by atoms with van der Waals surface area (Å²) >= 11 is 1.79. The molecule has 0 saturated carbocycles. The molecule has 15 heavy (non-hydrogen) atoms. The van der Waals surface area contributed by atoms with Crippen molar-refractivity contribution < 1.29 is 0 Å². The fourth-order valence-electron chi connectivity index (χ4n) is 1.52. The van der Waals surface area contributed by atoms with Crippen LogP contribution in [0.3, 0.4) is 0 Å². The Kier molecular flexibility index (Phi) is 2.81. The highest BCUT2D eigenvalue weighted by atomic mass is 32.2. The maximum absolute atomic E-state index is 5.85. The van der Waals surface area contributed by atoms with Gasteiger partial charge in [-0.15, -0.1) is 0 Å². The van der Waals surface area contributed by atoms with Crippen LogP contribution >= 0.6 is 11.8 Å². The average Bonchev–Trinajstić information content (AvgIpc) is 2.51.